The molecule has 0 unspecified atom stereocenters. The Balaban J connectivity index is 1.33. The van der Waals surface area contributed by atoms with E-state index >= 15 is 0 Å². The summed E-state index contributed by atoms with van der Waals surface area (Å²) in [6, 6.07) is 12.7. The molecule has 0 bridgehead atoms. The maximum absolute atomic E-state index is 12.6. The Kier molecular flexibility index (Phi) is 6.42. The Morgan fingerprint density at radius 3 is 2.68 bits per heavy atom. The van der Waals surface area contributed by atoms with Crippen LogP contribution in [-0.2, 0) is 27.3 Å². The Labute approximate surface area is 207 Å². The van der Waals surface area contributed by atoms with Gasteiger partial charge in [0.2, 0.25) is 0 Å². The van der Waals surface area contributed by atoms with Gasteiger partial charge in [-0.3, -0.25) is 4.18 Å². The molecule has 1 aliphatic carbocycles. The number of pyridine rings is 2. The number of hydrogen-bond acceptors (Lipinski definition) is 6. The molecule has 1 N–H and O–H groups in total. The lowest BCUT2D eigenvalue weighted by molar-refractivity contribution is 0.322. The van der Waals surface area contributed by atoms with Crippen LogP contribution in [0.5, 0.6) is 0 Å². The smallest absolute Gasteiger partial charge is 0.296 e. The second-order valence-electron chi connectivity index (χ2n) is 8.60. The molecule has 176 valence electrons. The largest absolute Gasteiger partial charge is 0.379 e. The van der Waals surface area contributed by atoms with Gasteiger partial charge in [-0.05, 0) is 77.0 Å². The van der Waals surface area contributed by atoms with E-state index < -0.39 is 10.1 Å². The first-order chi connectivity index (χ1) is 16.4. The fraction of sp³-hybridized carbons (Fsp3) is 0.280. The maximum Gasteiger partial charge on any atom is 0.296 e. The molecule has 0 saturated heterocycles. The first-order valence-electron chi connectivity index (χ1n) is 11.2. The number of aryl methyl sites for hydroxylation is 1. The van der Waals surface area contributed by atoms with E-state index in [1.165, 1.54) is 18.4 Å². The number of anilines is 1. The molecule has 9 heteroatoms. The molecule has 0 aliphatic heterocycles. The van der Waals surface area contributed by atoms with Crippen molar-refractivity contribution < 1.29 is 12.6 Å². The van der Waals surface area contributed by atoms with Crippen LogP contribution in [0.2, 0.25) is 0 Å². The zero-order chi connectivity index (χ0) is 23.7. The summed E-state index contributed by atoms with van der Waals surface area (Å²) in [5.74, 6) is 0.568. The van der Waals surface area contributed by atoms with Gasteiger partial charge in [0.15, 0.2) is 0 Å². The van der Waals surface area contributed by atoms with Gasteiger partial charge in [-0.1, -0.05) is 23.8 Å². The molecule has 4 aromatic rings. The maximum atomic E-state index is 12.6. The van der Waals surface area contributed by atoms with Gasteiger partial charge in [-0.2, -0.15) is 8.42 Å². The van der Waals surface area contributed by atoms with Crippen LogP contribution in [0.3, 0.4) is 0 Å². The highest BCUT2D eigenvalue weighted by atomic mass is 79.9. The lowest BCUT2D eigenvalue weighted by Crippen LogP contribution is -2.10. The van der Waals surface area contributed by atoms with Gasteiger partial charge >= 0.3 is 0 Å². The predicted octanol–water partition coefficient (Wildman–Crippen LogP) is 5.24. The molecule has 34 heavy (non-hydrogen) atoms. The summed E-state index contributed by atoms with van der Waals surface area (Å²) in [5.41, 5.74) is 5.93. The quantitative estimate of drug-likeness (QED) is 0.231. The standard InChI is InChI=1S/C25H25BrN4O3S/c1-17-2-6-23(7-3-17)34(31,32)33-11-9-19-12-20(18-4-5-18)15-30-16-22(29-25(19)30)14-28-21-8-10-27-24(26)13-21/h2-3,6-8,10,12-13,15-16,18H,4-5,9,11,14H2,1H3,(H,27,28). The van der Waals surface area contributed by atoms with E-state index in [0.29, 0.717) is 18.9 Å². The van der Waals surface area contributed by atoms with E-state index in [0.717, 1.165) is 32.8 Å². The third kappa shape index (κ3) is 5.32. The Hall–Kier alpha value is -2.75. The zero-order valence-electron chi connectivity index (χ0n) is 18.7. The van der Waals surface area contributed by atoms with Crippen LogP contribution in [0.25, 0.3) is 5.65 Å². The van der Waals surface area contributed by atoms with Crippen LogP contribution >= 0.6 is 15.9 Å². The second kappa shape index (κ2) is 9.48. The molecule has 1 aromatic carbocycles. The van der Waals surface area contributed by atoms with E-state index in [-0.39, 0.29) is 11.5 Å². The minimum absolute atomic E-state index is 0.0610. The summed E-state index contributed by atoms with van der Waals surface area (Å²) in [6.07, 6.45) is 8.72. The molecule has 0 atom stereocenters. The molecule has 1 aliphatic rings. The van der Waals surface area contributed by atoms with Crippen molar-refractivity contribution in [2.45, 2.75) is 43.5 Å². The second-order valence-corrected chi connectivity index (χ2v) is 11.0. The Morgan fingerprint density at radius 1 is 1.15 bits per heavy atom. The SMILES string of the molecule is Cc1ccc(S(=O)(=O)OCCc2cc(C3CC3)cn3cc(CNc4ccnc(Br)c4)nc23)cc1. The number of rotatable bonds is 9. The van der Waals surface area contributed by atoms with E-state index in [1.807, 2.05) is 25.3 Å². The van der Waals surface area contributed by atoms with Crippen LogP contribution in [-0.4, -0.2) is 29.4 Å². The normalized spacial score (nSPS) is 13.9. The van der Waals surface area contributed by atoms with Gasteiger partial charge in [0, 0.05) is 30.7 Å². The van der Waals surface area contributed by atoms with Gasteiger partial charge in [-0.25, -0.2) is 9.97 Å². The van der Waals surface area contributed by atoms with E-state index in [9.17, 15) is 8.42 Å². The van der Waals surface area contributed by atoms with Crippen LogP contribution < -0.4 is 5.32 Å². The van der Waals surface area contributed by atoms with E-state index in [1.54, 1.807) is 30.5 Å². The minimum Gasteiger partial charge on any atom is -0.379 e. The Bertz CT molecular complexity index is 1430. The van der Waals surface area contributed by atoms with Crippen LogP contribution in [0, 0.1) is 6.92 Å². The minimum atomic E-state index is -3.80. The number of nitrogens with zero attached hydrogens (tertiary/aromatic N) is 3. The third-order valence-electron chi connectivity index (χ3n) is 5.87. The van der Waals surface area contributed by atoms with Crippen molar-refractivity contribution in [3.8, 4) is 0 Å². The third-order valence-corrected chi connectivity index (χ3v) is 7.63. The number of aromatic nitrogens is 3. The number of benzene rings is 1. The summed E-state index contributed by atoms with van der Waals surface area (Å²) < 4.78 is 33.3. The van der Waals surface area contributed by atoms with E-state index in [2.05, 4.69) is 42.9 Å². The summed E-state index contributed by atoms with van der Waals surface area (Å²) in [6.45, 7) is 2.54. The number of halogens is 1. The number of fused-ring (bicyclic) bond motifs is 1. The molecule has 1 fully saturated rings. The summed E-state index contributed by atoms with van der Waals surface area (Å²) in [4.78, 5) is 9.14. The molecule has 0 amide bonds. The molecule has 1 saturated carbocycles. The highest BCUT2D eigenvalue weighted by Crippen LogP contribution is 2.40. The van der Waals surface area contributed by atoms with Crippen molar-refractivity contribution in [2.24, 2.45) is 0 Å². The molecule has 3 aromatic heterocycles. The van der Waals surface area contributed by atoms with Gasteiger partial charge in [0.05, 0.1) is 23.7 Å². The Morgan fingerprint density at radius 2 is 1.94 bits per heavy atom. The highest BCUT2D eigenvalue weighted by molar-refractivity contribution is 9.10. The fourth-order valence-electron chi connectivity index (χ4n) is 3.89. The van der Waals surface area contributed by atoms with Gasteiger partial charge in [0.25, 0.3) is 10.1 Å². The molecule has 0 spiro atoms. The molecular weight excluding hydrogens is 516 g/mol. The fourth-order valence-corrected chi connectivity index (χ4v) is 5.17. The molecular formula is C25H25BrN4O3S. The lowest BCUT2D eigenvalue weighted by Gasteiger charge is -2.09. The van der Waals surface area contributed by atoms with Crippen molar-refractivity contribution in [1.82, 2.24) is 14.4 Å². The van der Waals surface area contributed by atoms with Crippen molar-refractivity contribution in [3.05, 3.63) is 88.0 Å². The molecule has 3 heterocycles. The molecule has 5 rings (SSSR count). The monoisotopic (exact) mass is 540 g/mol. The summed E-state index contributed by atoms with van der Waals surface area (Å²) in [7, 11) is -3.80. The average Bonchev–Trinajstić information content (AvgIpc) is 3.57. The van der Waals surface area contributed by atoms with E-state index in [4.69, 9.17) is 9.17 Å². The predicted molar refractivity (Wildman–Crippen MR) is 134 cm³/mol. The topological polar surface area (TPSA) is 85.6 Å². The van der Waals surface area contributed by atoms with Crippen LogP contribution in [0.4, 0.5) is 5.69 Å². The van der Waals surface area contributed by atoms with Crippen molar-refractivity contribution >= 4 is 37.4 Å². The highest BCUT2D eigenvalue weighted by Gasteiger charge is 2.25. The van der Waals surface area contributed by atoms with Crippen LogP contribution in [0.1, 0.15) is 41.1 Å². The van der Waals surface area contributed by atoms with Gasteiger partial charge in [-0.15, -0.1) is 0 Å². The van der Waals surface area contributed by atoms with Gasteiger partial charge < -0.3 is 9.72 Å². The van der Waals surface area contributed by atoms with Crippen molar-refractivity contribution in [1.29, 1.82) is 0 Å². The number of nitrogens with one attached hydrogen (secondary N) is 1. The summed E-state index contributed by atoms with van der Waals surface area (Å²) in [5, 5.41) is 3.37. The first kappa shape index (κ1) is 23.0. The first-order valence-corrected chi connectivity index (χ1v) is 13.4. The molecule has 0 radical (unpaired) electrons. The van der Waals surface area contributed by atoms with Crippen molar-refractivity contribution in [3.63, 3.8) is 0 Å². The zero-order valence-corrected chi connectivity index (χ0v) is 21.1. The van der Waals surface area contributed by atoms with Crippen LogP contribution in [0.15, 0.2) is 70.6 Å². The van der Waals surface area contributed by atoms with Crippen molar-refractivity contribution in [2.75, 3.05) is 11.9 Å². The molecule has 7 nitrogen and oxygen atoms in total. The average molecular weight is 541 g/mol. The number of hydrogen-bond donors (Lipinski definition) is 1. The lowest BCUT2D eigenvalue weighted by atomic mass is 10.1. The van der Waals surface area contributed by atoms with Gasteiger partial charge in [0.1, 0.15) is 10.3 Å². The summed E-state index contributed by atoms with van der Waals surface area (Å²) >= 11 is 3.38. The number of imidazole rings is 1.